The van der Waals surface area contributed by atoms with Crippen molar-refractivity contribution in [3.8, 4) is 11.5 Å². The molecule has 0 radical (unpaired) electrons. The Kier molecular flexibility index (Phi) is 2.37. The number of nitrogens with zero attached hydrogens (tertiary/aromatic N) is 1. The number of aromatic nitrogens is 1. The summed E-state index contributed by atoms with van der Waals surface area (Å²) in [5.41, 5.74) is 3.69. The normalized spacial score (nSPS) is 10.9. The van der Waals surface area contributed by atoms with Gasteiger partial charge in [0.1, 0.15) is 5.52 Å². The summed E-state index contributed by atoms with van der Waals surface area (Å²) >= 11 is 5.96. The lowest BCUT2D eigenvalue weighted by molar-refractivity contribution is 0.617. The van der Waals surface area contributed by atoms with E-state index in [9.17, 15) is 0 Å². The maximum absolute atomic E-state index is 5.96. The number of hydrogen-bond acceptors (Lipinski definition) is 2. The minimum atomic E-state index is 0.608. The van der Waals surface area contributed by atoms with E-state index in [0.717, 1.165) is 22.2 Å². The summed E-state index contributed by atoms with van der Waals surface area (Å²) in [6, 6.07) is 13.4. The number of oxazole rings is 1. The van der Waals surface area contributed by atoms with E-state index in [4.69, 9.17) is 16.0 Å². The van der Waals surface area contributed by atoms with Crippen LogP contribution >= 0.6 is 11.6 Å². The Balaban J connectivity index is 2.22. The molecule has 0 aliphatic carbocycles. The number of para-hydroxylation sites is 1. The molecule has 0 amide bonds. The van der Waals surface area contributed by atoms with Gasteiger partial charge in [-0.2, -0.15) is 0 Å². The molecule has 0 unspecified atom stereocenters. The molecule has 17 heavy (non-hydrogen) atoms. The van der Waals surface area contributed by atoms with Crippen LogP contribution in [0.25, 0.3) is 22.6 Å². The molecule has 3 heteroatoms. The molecule has 3 rings (SSSR count). The molecular formula is C14H10ClNO. The second-order valence-electron chi connectivity index (χ2n) is 3.95. The molecule has 1 aromatic heterocycles. The average molecular weight is 244 g/mol. The van der Waals surface area contributed by atoms with Gasteiger partial charge in [-0.3, -0.25) is 0 Å². The zero-order chi connectivity index (χ0) is 11.8. The Morgan fingerprint density at radius 1 is 1.12 bits per heavy atom. The van der Waals surface area contributed by atoms with Crippen LogP contribution < -0.4 is 0 Å². The van der Waals surface area contributed by atoms with Crippen LogP contribution in [-0.2, 0) is 0 Å². The van der Waals surface area contributed by atoms with E-state index in [-0.39, 0.29) is 0 Å². The number of aryl methyl sites for hydroxylation is 1. The van der Waals surface area contributed by atoms with Crippen LogP contribution in [0.2, 0.25) is 5.02 Å². The molecule has 0 fully saturated rings. The van der Waals surface area contributed by atoms with E-state index in [2.05, 4.69) is 4.98 Å². The number of hydrogen-bond donors (Lipinski definition) is 0. The van der Waals surface area contributed by atoms with Crippen LogP contribution in [0.5, 0.6) is 0 Å². The highest BCUT2D eigenvalue weighted by Crippen LogP contribution is 2.27. The Morgan fingerprint density at radius 2 is 1.94 bits per heavy atom. The lowest BCUT2D eigenvalue weighted by Crippen LogP contribution is -1.76. The number of halogens is 1. The molecule has 0 aliphatic heterocycles. The Hall–Kier alpha value is -1.80. The van der Waals surface area contributed by atoms with E-state index in [0.29, 0.717) is 10.9 Å². The van der Waals surface area contributed by atoms with Crippen molar-refractivity contribution in [1.29, 1.82) is 0 Å². The van der Waals surface area contributed by atoms with Crippen LogP contribution in [0.3, 0.4) is 0 Å². The lowest BCUT2D eigenvalue weighted by Gasteiger charge is -1.95. The molecule has 0 N–H and O–H groups in total. The van der Waals surface area contributed by atoms with Crippen LogP contribution in [0.1, 0.15) is 5.56 Å². The van der Waals surface area contributed by atoms with Crippen molar-refractivity contribution >= 4 is 22.7 Å². The maximum atomic E-state index is 5.96. The molecule has 0 saturated heterocycles. The largest absolute Gasteiger partial charge is 0.436 e. The summed E-state index contributed by atoms with van der Waals surface area (Å²) in [6.45, 7) is 2.01. The highest BCUT2D eigenvalue weighted by Gasteiger charge is 2.09. The first-order chi connectivity index (χ1) is 8.24. The van der Waals surface area contributed by atoms with Crippen LogP contribution in [0, 0.1) is 6.92 Å². The second-order valence-corrected chi connectivity index (χ2v) is 4.39. The van der Waals surface area contributed by atoms with E-state index < -0.39 is 0 Å². The van der Waals surface area contributed by atoms with Gasteiger partial charge in [-0.15, -0.1) is 0 Å². The summed E-state index contributed by atoms with van der Waals surface area (Å²) in [7, 11) is 0. The van der Waals surface area contributed by atoms with Crippen LogP contribution in [-0.4, -0.2) is 4.98 Å². The van der Waals surface area contributed by atoms with Crippen LogP contribution in [0.15, 0.2) is 46.9 Å². The van der Waals surface area contributed by atoms with Crippen molar-refractivity contribution in [2.75, 3.05) is 0 Å². The van der Waals surface area contributed by atoms with Gasteiger partial charge in [-0.1, -0.05) is 29.8 Å². The first-order valence-electron chi connectivity index (χ1n) is 5.36. The van der Waals surface area contributed by atoms with Crippen molar-refractivity contribution in [3.63, 3.8) is 0 Å². The first kappa shape index (κ1) is 10.4. The third kappa shape index (κ3) is 1.81. The fourth-order valence-corrected chi connectivity index (χ4v) is 2.02. The second kappa shape index (κ2) is 3.90. The Morgan fingerprint density at radius 3 is 2.71 bits per heavy atom. The number of fused-ring (bicyclic) bond motifs is 1. The van der Waals surface area contributed by atoms with Gasteiger partial charge in [0, 0.05) is 10.6 Å². The molecule has 0 aliphatic rings. The van der Waals surface area contributed by atoms with E-state index in [1.54, 1.807) is 0 Å². The van der Waals surface area contributed by atoms with E-state index in [1.165, 1.54) is 0 Å². The fraction of sp³-hybridized carbons (Fsp3) is 0.0714. The van der Waals surface area contributed by atoms with E-state index in [1.807, 2.05) is 49.4 Å². The molecule has 0 bridgehead atoms. The third-order valence-corrected chi connectivity index (χ3v) is 2.92. The molecule has 84 valence electrons. The van der Waals surface area contributed by atoms with Gasteiger partial charge in [-0.25, -0.2) is 4.98 Å². The van der Waals surface area contributed by atoms with Gasteiger partial charge in [-0.05, 0) is 36.8 Å². The molecule has 1 heterocycles. The molecule has 0 atom stereocenters. The summed E-state index contributed by atoms with van der Waals surface area (Å²) in [6.07, 6.45) is 0. The topological polar surface area (TPSA) is 26.0 Å². The monoisotopic (exact) mass is 243 g/mol. The minimum absolute atomic E-state index is 0.608. The summed E-state index contributed by atoms with van der Waals surface area (Å²) in [4.78, 5) is 4.46. The number of benzene rings is 2. The van der Waals surface area contributed by atoms with Crippen molar-refractivity contribution in [2.45, 2.75) is 6.92 Å². The van der Waals surface area contributed by atoms with E-state index >= 15 is 0 Å². The molecular weight excluding hydrogens is 234 g/mol. The van der Waals surface area contributed by atoms with Crippen molar-refractivity contribution in [1.82, 2.24) is 4.98 Å². The highest BCUT2D eigenvalue weighted by molar-refractivity contribution is 6.30. The summed E-state index contributed by atoms with van der Waals surface area (Å²) < 4.78 is 5.77. The Labute approximate surface area is 104 Å². The quantitative estimate of drug-likeness (QED) is 0.631. The van der Waals surface area contributed by atoms with Gasteiger partial charge in [0.15, 0.2) is 5.58 Å². The predicted octanol–water partition coefficient (Wildman–Crippen LogP) is 4.46. The predicted molar refractivity (Wildman–Crippen MR) is 69.2 cm³/mol. The molecule has 2 nitrogen and oxygen atoms in total. The molecule has 0 saturated carbocycles. The fourth-order valence-electron chi connectivity index (χ4n) is 1.83. The first-order valence-corrected chi connectivity index (χ1v) is 5.74. The minimum Gasteiger partial charge on any atom is -0.436 e. The zero-order valence-electron chi connectivity index (χ0n) is 9.27. The molecule has 2 aromatic carbocycles. The van der Waals surface area contributed by atoms with Crippen molar-refractivity contribution in [2.24, 2.45) is 0 Å². The van der Waals surface area contributed by atoms with Crippen molar-refractivity contribution < 1.29 is 4.42 Å². The maximum Gasteiger partial charge on any atom is 0.227 e. The number of rotatable bonds is 1. The molecule has 0 spiro atoms. The molecule has 3 aromatic rings. The SMILES string of the molecule is Cc1cccc2nc(-c3cccc(Cl)c3)oc12. The van der Waals surface area contributed by atoms with Gasteiger partial charge in [0.05, 0.1) is 0 Å². The Bertz CT molecular complexity index is 688. The van der Waals surface area contributed by atoms with Gasteiger partial charge < -0.3 is 4.42 Å². The van der Waals surface area contributed by atoms with Gasteiger partial charge in [0.25, 0.3) is 0 Å². The lowest BCUT2D eigenvalue weighted by atomic mass is 10.2. The van der Waals surface area contributed by atoms with Crippen molar-refractivity contribution in [3.05, 3.63) is 53.1 Å². The highest BCUT2D eigenvalue weighted by atomic mass is 35.5. The average Bonchev–Trinajstić information content (AvgIpc) is 2.74. The smallest absolute Gasteiger partial charge is 0.227 e. The summed E-state index contributed by atoms with van der Waals surface area (Å²) in [5.74, 6) is 0.608. The standard InChI is InChI=1S/C14H10ClNO/c1-9-4-2-7-12-13(9)17-14(16-12)10-5-3-6-11(15)8-10/h2-8H,1H3. The zero-order valence-corrected chi connectivity index (χ0v) is 10.0. The van der Waals surface area contributed by atoms with Gasteiger partial charge >= 0.3 is 0 Å². The van der Waals surface area contributed by atoms with Gasteiger partial charge in [0.2, 0.25) is 5.89 Å². The van der Waals surface area contributed by atoms with Crippen LogP contribution in [0.4, 0.5) is 0 Å². The third-order valence-electron chi connectivity index (χ3n) is 2.68. The summed E-state index contributed by atoms with van der Waals surface area (Å²) in [5, 5.41) is 0.682.